The minimum absolute atomic E-state index is 0.175. The SMILES string of the molecule is CC(=O)Nc1nc2ccc(NC(=O)c3cnn(Cc4ccccc4Cl)c3)cc2s1. The van der Waals surface area contributed by atoms with E-state index < -0.39 is 0 Å². The van der Waals surface area contributed by atoms with Crippen molar-refractivity contribution in [3.63, 3.8) is 0 Å². The summed E-state index contributed by atoms with van der Waals surface area (Å²) in [5, 5.41) is 11.0. The molecule has 0 spiro atoms. The van der Waals surface area contributed by atoms with Gasteiger partial charge in [0.15, 0.2) is 5.13 Å². The van der Waals surface area contributed by atoms with Gasteiger partial charge in [0.25, 0.3) is 5.91 Å². The molecule has 0 aliphatic carbocycles. The van der Waals surface area contributed by atoms with Crippen LogP contribution in [0, 0.1) is 0 Å². The second-order valence-electron chi connectivity index (χ2n) is 6.35. The Morgan fingerprint density at radius 3 is 2.79 bits per heavy atom. The molecule has 9 heteroatoms. The van der Waals surface area contributed by atoms with Crippen LogP contribution in [0.4, 0.5) is 10.8 Å². The number of nitrogens with one attached hydrogen (secondary N) is 2. The molecule has 4 rings (SSSR count). The summed E-state index contributed by atoms with van der Waals surface area (Å²) in [6, 6.07) is 12.9. The standard InChI is InChI=1S/C20H16ClN5O2S/c1-12(27)23-20-25-17-7-6-15(8-18(17)29-20)24-19(28)14-9-22-26(11-14)10-13-4-2-3-5-16(13)21/h2-9,11H,10H2,1H3,(H,24,28)(H,23,25,27). The molecule has 0 saturated carbocycles. The summed E-state index contributed by atoms with van der Waals surface area (Å²) < 4.78 is 2.53. The predicted octanol–water partition coefficient (Wildman–Crippen LogP) is 4.41. The number of thiazole rings is 1. The summed E-state index contributed by atoms with van der Waals surface area (Å²) in [4.78, 5) is 28.1. The Labute approximate surface area is 175 Å². The van der Waals surface area contributed by atoms with Gasteiger partial charge < -0.3 is 10.6 Å². The lowest BCUT2D eigenvalue weighted by molar-refractivity contribution is -0.114. The van der Waals surface area contributed by atoms with Crippen LogP contribution in [0.3, 0.4) is 0 Å². The first-order valence-electron chi connectivity index (χ1n) is 8.73. The quantitative estimate of drug-likeness (QED) is 0.495. The monoisotopic (exact) mass is 425 g/mol. The fourth-order valence-corrected chi connectivity index (χ4v) is 3.92. The van der Waals surface area contributed by atoms with Crippen molar-refractivity contribution in [2.75, 3.05) is 10.6 Å². The number of rotatable bonds is 5. The molecule has 0 atom stereocenters. The maximum absolute atomic E-state index is 12.6. The van der Waals surface area contributed by atoms with Crippen LogP contribution in [0.15, 0.2) is 54.9 Å². The molecule has 0 aliphatic rings. The highest BCUT2D eigenvalue weighted by atomic mass is 35.5. The molecule has 0 saturated heterocycles. The topological polar surface area (TPSA) is 88.9 Å². The van der Waals surface area contributed by atoms with Gasteiger partial charge in [0.1, 0.15) is 0 Å². The van der Waals surface area contributed by atoms with E-state index in [1.807, 2.05) is 30.3 Å². The van der Waals surface area contributed by atoms with E-state index in [4.69, 9.17) is 11.6 Å². The maximum Gasteiger partial charge on any atom is 0.258 e. The molecule has 2 aromatic carbocycles. The number of benzene rings is 2. The van der Waals surface area contributed by atoms with E-state index in [9.17, 15) is 9.59 Å². The average molecular weight is 426 g/mol. The van der Waals surface area contributed by atoms with E-state index in [0.717, 1.165) is 15.8 Å². The van der Waals surface area contributed by atoms with Gasteiger partial charge in [-0.3, -0.25) is 14.3 Å². The van der Waals surface area contributed by atoms with Crippen molar-refractivity contribution >= 4 is 55.8 Å². The van der Waals surface area contributed by atoms with Crippen LogP contribution in [-0.2, 0) is 11.3 Å². The van der Waals surface area contributed by atoms with Crippen molar-refractivity contribution in [3.8, 4) is 0 Å². The fourth-order valence-electron chi connectivity index (χ4n) is 2.78. The van der Waals surface area contributed by atoms with E-state index in [0.29, 0.717) is 27.9 Å². The summed E-state index contributed by atoms with van der Waals surface area (Å²) in [7, 11) is 0. The van der Waals surface area contributed by atoms with Crippen molar-refractivity contribution in [3.05, 3.63) is 71.0 Å². The van der Waals surface area contributed by atoms with Gasteiger partial charge in [0.2, 0.25) is 5.91 Å². The van der Waals surface area contributed by atoms with Crippen molar-refractivity contribution in [2.45, 2.75) is 13.5 Å². The van der Waals surface area contributed by atoms with E-state index in [2.05, 4.69) is 20.7 Å². The molecule has 4 aromatic rings. The largest absolute Gasteiger partial charge is 0.322 e. The summed E-state index contributed by atoms with van der Waals surface area (Å²) in [6.07, 6.45) is 3.20. The average Bonchev–Trinajstić information content (AvgIpc) is 3.29. The van der Waals surface area contributed by atoms with Crippen LogP contribution in [0.2, 0.25) is 5.02 Å². The van der Waals surface area contributed by atoms with Crippen LogP contribution in [0.5, 0.6) is 0 Å². The highest BCUT2D eigenvalue weighted by molar-refractivity contribution is 7.22. The summed E-state index contributed by atoms with van der Waals surface area (Å²) in [5.74, 6) is -0.437. The van der Waals surface area contributed by atoms with E-state index in [1.165, 1.54) is 24.5 Å². The molecule has 2 N–H and O–H groups in total. The summed E-state index contributed by atoms with van der Waals surface area (Å²) in [6.45, 7) is 1.91. The lowest BCUT2D eigenvalue weighted by atomic mass is 10.2. The van der Waals surface area contributed by atoms with Crippen LogP contribution >= 0.6 is 22.9 Å². The second-order valence-corrected chi connectivity index (χ2v) is 7.79. The molecule has 0 bridgehead atoms. The highest BCUT2D eigenvalue weighted by Gasteiger charge is 2.12. The lowest BCUT2D eigenvalue weighted by Crippen LogP contribution is -2.11. The number of hydrogen-bond donors (Lipinski definition) is 2. The molecule has 0 fully saturated rings. The Hall–Kier alpha value is -3.23. The molecule has 2 amide bonds. The number of halogens is 1. The molecule has 29 heavy (non-hydrogen) atoms. The number of carbonyl (C=O) groups excluding carboxylic acids is 2. The van der Waals surface area contributed by atoms with E-state index in [-0.39, 0.29) is 11.8 Å². The second kappa shape index (κ2) is 8.02. The van der Waals surface area contributed by atoms with Crippen LogP contribution in [0.25, 0.3) is 10.2 Å². The molecule has 0 unspecified atom stereocenters. The zero-order valence-corrected chi connectivity index (χ0v) is 16.9. The molecule has 146 valence electrons. The number of amides is 2. The van der Waals surface area contributed by atoms with Crippen LogP contribution in [0.1, 0.15) is 22.8 Å². The van der Waals surface area contributed by atoms with Gasteiger partial charge in [0.05, 0.1) is 28.5 Å². The van der Waals surface area contributed by atoms with Gasteiger partial charge in [-0.05, 0) is 29.8 Å². The number of carbonyl (C=O) groups is 2. The Morgan fingerprint density at radius 1 is 1.17 bits per heavy atom. The number of aromatic nitrogens is 3. The molecular weight excluding hydrogens is 410 g/mol. The third-order valence-corrected chi connectivity index (χ3v) is 5.42. The van der Waals surface area contributed by atoms with Crippen molar-refractivity contribution in [1.29, 1.82) is 0 Å². The molecule has 2 heterocycles. The zero-order valence-electron chi connectivity index (χ0n) is 15.3. The third-order valence-electron chi connectivity index (χ3n) is 4.11. The number of fused-ring (bicyclic) bond motifs is 1. The van der Waals surface area contributed by atoms with Crippen LogP contribution < -0.4 is 10.6 Å². The van der Waals surface area contributed by atoms with Gasteiger partial charge in [-0.15, -0.1) is 0 Å². The number of anilines is 2. The van der Waals surface area contributed by atoms with Gasteiger partial charge in [-0.1, -0.05) is 41.1 Å². The molecule has 0 aliphatic heterocycles. The van der Waals surface area contributed by atoms with Crippen molar-refractivity contribution in [1.82, 2.24) is 14.8 Å². The lowest BCUT2D eigenvalue weighted by Gasteiger charge is -2.04. The first-order chi connectivity index (χ1) is 14.0. The Kier molecular flexibility index (Phi) is 5.28. The normalized spacial score (nSPS) is 10.8. The molecule has 2 aromatic heterocycles. The van der Waals surface area contributed by atoms with Gasteiger partial charge in [-0.25, -0.2) is 4.98 Å². The number of nitrogens with zero attached hydrogens (tertiary/aromatic N) is 3. The van der Waals surface area contributed by atoms with Crippen LogP contribution in [-0.4, -0.2) is 26.6 Å². The maximum atomic E-state index is 12.6. The third kappa shape index (κ3) is 4.44. The Morgan fingerprint density at radius 2 is 2.00 bits per heavy atom. The summed E-state index contributed by atoms with van der Waals surface area (Å²) in [5.41, 5.74) is 2.76. The highest BCUT2D eigenvalue weighted by Crippen LogP contribution is 2.28. The minimum Gasteiger partial charge on any atom is -0.322 e. The molecular formula is C20H16ClN5O2S. The van der Waals surface area contributed by atoms with Gasteiger partial charge in [0, 0.05) is 23.8 Å². The number of hydrogen-bond acceptors (Lipinski definition) is 5. The fraction of sp³-hybridized carbons (Fsp3) is 0.100. The Balaban J connectivity index is 1.47. The minimum atomic E-state index is -0.263. The zero-order chi connectivity index (χ0) is 20.4. The Bertz CT molecular complexity index is 1220. The van der Waals surface area contributed by atoms with Crippen molar-refractivity contribution in [2.24, 2.45) is 0 Å². The van der Waals surface area contributed by atoms with Gasteiger partial charge >= 0.3 is 0 Å². The summed E-state index contributed by atoms with van der Waals surface area (Å²) >= 11 is 7.53. The first-order valence-corrected chi connectivity index (χ1v) is 9.93. The first kappa shape index (κ1) is 19.1. The van der Waals surface area contributed by atoms with Gasteiger partial charge in [-0.2, -0.15) is 5.10 Å². The van der Waals surface area contributed by atoms with E-state index in [1.54, 1.807) is 23.0 Å². The van der Waals surface area contributed by atoms with E-state index >= 15 is 0 Å². The smallest absolute Gasteiger partial charge is 0.258 e. The molecule has 0 radical (unpaired) electrons. The molecule has 7 nitrogen and oxygen atoms in total. The predicted molar refractivity (Wildman–Crippen MR) is 115 cm³/mol. The van der Waals surface area contributed by atoms with Crippen molar-refractivity contribution < 1.29 is 9.59 Å².